The molecule has 1 aliphatic rings. The van der Waals surface area contributed by atoms with Gasteiger partial charge in [-0.3, -0.25) is 9.59 Å². The van der Waals surface area contributed by atoms with Gasteiger partial charge in [0.15, 0.2) is 0 Å². The molecule has 0 fully saturated rings. The number of nitrogens with zero attached hydrogens (tertiary/aromatic N) is 1. The second kappa shape index (κ2) is 7.61. The first-order valence-electron chi connectivity index (χ1n) is 8.20. The zero-order chi connectivity index (χ0) is 16.9. The zero-order valence-electron chi connectivity index (χ0n) is 13.7. The Morgan fingerprint density at radius 2 is 2.12 bits per heavy atom. The molecule has 2 amide bonds. The zero-order valence-corrected chi connectivity index (χ0v) is 14.5. The number of aromatic nitrogens is 1. The molecule has 0 saturated heterocycles. The van der Waals surface area contributed by atoms with Crippen molar-refractivity contribution in [3.05, 3.63) is 39.2 Å². The van der Waals surface area contributed by atoms with Crippen molar-refractivity contribution >= 4 is 23.2 Å². The van der Waals surface area contributed by atoms with E-state index in [-0.39, 0.29) is 18.4 Å². The number of hydrogen-bond acceptors (Lipinski definition) is 5. The third-order valence-electron chi connectivity index (χ3n) is 4.06. The van der Waals surface area contributed by atoms with E-state index >= 15 is 0 Å². The van der Waals surface area contributed by atoms with E-state index in [0.29, 0.717) is 17.9 Å². The van der Waals surface area contributed by atoms with Crippen LogP contribution in [0.2, 0.25) is 0 Å². The third-order valence-corrected chi connectivity index (χ3v) is 5.28. The van der Waals surface area contributed by atoms with Gasteiger partial charge >= 0.3 is 0 Å². The average molecular weight is 347 g/mol. The maximum absolute atomic E-state index is 11.9. The fourth-order valence-electron chi connectivity index (χ4n) is 2.76. The second-order valence-electron chi connectivity index (χ2n) is 5.86. The third kappa shape index (κ3) is 4.03. The van der Waals surface area contributed by atoms with Crippen molar-refractivity contribution in [2.45, 2.75) is 39.0 Å². The van der Waals surface area contributed by atoms with Gasteiger partial charge in [-0.1, -0.05) is 0 Å². The van der Waals surface area contributed by atoms with Gasteiger partial charge in [0.25, 0.3) is 5.91 Å². The number of hydrogen-bond donors (Lipinski definition) is 2. The molecule has 0 bridgehead atoms. The summed E-state index contributed by atoms with van der Waals surface area (Å²) in [6, 6.07) is 1.59. The van der Waals surface area contributed by atoms with Gasteiger partial charge in [0.2, 0.25) is 5.91 Å². The summed E-state index contributed by atoms with van der Waals surface area (Å²) in [5, 5.41) is 6.49. The van der Waals surface area contributed by atoms with Crippen molar-refractivity contribution in [1.82, 2.24) is 15.6 Å². The van der Waals surface area contributed by atoms with Gasteiger partial charge in [0.1, 0.15) is 5.76 Å². The van der Waals surface area contributed by atoms with Crippen LogP contribution in [-0.2, 0) is 24.1 Å². The average Bonchev–Trinajstić information content (AvgIpc) is 3.18. The lowest BCUT2D eigenvalue weighted by Crippen LogP contribution is -2.37. The quantitative estimate of drug-likeness (QED) is 0.837. The molecule has 24 heavy (non-hydrogen) atoms. The van der Waals surface area contributed by atoms with E-state index in [4.69, 9.17) is 4.42 Å². The van der Waals surface area contributed by atoms with Crippen molar-refractivity contribution < 1.29 is 14.0 Å². The summed E-state index contributed by atoms with van der Waals surface area (Å²) in [4.78, 5) is 29.8. The van der Waals surface area contributed by atoms with E-state index in [2.05, 4.69) is 15.6 Å². The summed E-state index contributed by atoms with van der Waals surface area (Å²) in [6.07, 6.45) is 6.89. The van der Waals surface area contributed by atoms with Crippen molar-refractivity contribution in [2.24, 2.45) is 0 Å². The van der Waals surface area contributed by atoms with Gasteiger partial charge in [-0.2, -0.15) is 0 Å². The number of rotatable bonds is 6. The summed E-state index contributed by atoms with van der Waals surface area (Å²) in [5.74, 6) is 0.0375. The van der Waals surface area contributed by atoms with Crippen molar-refractivity contribution in [2.75, 3.05) is 13.1 Å². The lowest BCUT2D eigenvalue weighted by molar-refractivity contribution is -0.120. The summed E-state index contributed by atoms with van der Waals surface area (Å²) in [6.45, 7) is 2.20. The number of nitrogens with one attached hydrogen (secondary N) is 2. The highest BCUT2D eigenvalue weighted by atomic mass is 32.1. The standard InChI is InChI=1S/C17H21N3O3S/c1-11-12(7-9-23-11)17(22)19-10-15(21)18-8-6-16-20-13-4-2-3-5-14(13)24-16/h7,9H,2-6,8,10H2,1H3,(H,18,21)(H,19,22). The Morgan fingerprint density at radius 3 is 2.88 bits per heavy atom. The minimum absolute atomic E-state index is 0.0438. The minimum atomic E-state index is -0.302. The van der Waals surface area contributed by atoms with Crippen LogP contribution in [0.4, 0.5) is 0 Å². The Bertz CT molecular complexity index is 712. The van der Waals surface area contributed by atoms with Crippen molar-refractivity contribution in [3.63, 3.8) is 0 Å². The lowest BCUT2D eigenvalue weighted by Gasteiger charge is -2.06. The first kappa shape index (κ1) is 16.7. The predicted octanol–water partition coefficient (Wildman–Crippen LogP) is 2.01. The molecule has 0 saturated carbocycles. The van der Waals surface area contributed by atoms with E-state index in [1.807, 2.05) is 0 Å². The molecular formula is C17H21N3O3S. The topological polar surface area (TPSA) is 84.2 Å². The highest BCUT2D eigenvalue weighted by Crippen LogP contribution is 2.26. The molecule has 0 spiro atoms. The SMILES string of the molecule is Cc1occc1C(=O)NCC(=O)NCCc1nc2c(s1)CCCC2. The number of carbonyl (C=O) groups is 2. The Balaban J connectivity index is 1.39. The Kier molecular flexibility index (Phi) is 5.30. The molecule has 2 heterocycles. The molecule has 0 atom stereocenters. The van der Waals surface area contributed by atoms with Crippen LogP contribution in [0.5, 0.6) is 0 Å². The van der Waals surface area contributed by atoms with Crippen LogP contribution in [0.25, 0.3) is 0 Å². The minimum Gasteiger partial charge on any atom is -0.469 e. The van der Waals surface area contributed by atoms with Crippen LogP contribution in [-0.4, -0.2) is 29.9 Å². The molecule has 0 aliphatic heterocycles. The molecule has 128 valence electrons. The van der Waals surface area contributed by atoms with Crippen molar-refractivity contribution in [3.8, 4) is 0 Å². The van der Waals surface area contributed by atoms with E-state index in [1.165, 1.54) is 29.7 Å². The molecule has 0 unspecified atom stereocenters. The molecule has 2 aromatic rings. The van der Waals surface area contributed by atoms with Gasteiger partial charge < -0.3 is 15.1 Å². The van der Waals surface area contributed by atoms with Gasteiger partial charge in [-0.15, -0.1) is 11.3 Å². The molecule has 2 aromatic heterocycles. The Morgan fingerprint density at radius 1 is 1.29 bits per heavy atom. The maximum Gasteiger partial charge on any atom is 0.255 e. The summed E-state index contributed by atoms with van der Waals surface area (Å²) >= 11 is 1.76. The number of carbonyl (C=O) groups excluding carboxylic acids is 2. The number of aryl methyl sites for hydroxylation is 3. The van der Waals surface area contributed by atoms with Gasteiger partial charge in [0, 0.05) is 17.8 Å². The molecule has 0 radical (unpaired) electrons. The Labute approximate surface area is 144 Å². The lowest BCUT2D eigenvalue weighted by atomic mass is 10.0. The number of fused-ring (bicyclic) bond motifs is 1. The van der Waals surface area contributed by atoms with Crippen LogP contribution < -0.4 is 10.6 Å². The predicted molar refractivity (Wildman–Crippen MR) is 91.2 cm³/mol. The highest BCUT2D eigenvalue weighted by Gasteiger charge is 2.15. The fraction of sp³-hybridized carbons (Fsp3) is 0.471. The normalized spacial score (nSPS) is 13.4. The molecule has 6 nitrogen and oxygen atoms in total. The number of furan rings is 1. The van der Waals surface area contributed by atoms with Crippen LogP contribution in [0.3, 0.4) is 0 Å². The van der Waals surface area contributed by atoms with Crippen LogP contribution in [0, 0.1) is 6.92 Å². The van der Waals surface area contributed by atoms with Crippen LogP contribution in [0.15, 0.2) is 16.7 Å². The van der Waals surface area contributed by atoms with Crippen LogP contribution in [0.1, 0.15) is 44.5 Å². The highest BCUT2D eigenvalue weighted by molar-refractivity contribution is 7.11. The molecule has 1 aliphatic carbocycles. The van der Waals surface area contributed by atoms with E-state index in [1.54, 1.807) is 24.3 Å². The van der Waals surface area contributed by atoms with Gasteiger partial charge in [-0.25, -0.2) is 4.98 Å². The largest absolute Gasteiger partial charge is 0.469 e. The maximum atomic E-state index is 11.9. The Hall–Kier alpha value is -2.15. The summed E-state index contributed by atoms with van der Waals surface area (Å²) in [7, 11) is 0. The first-order chi connectivity index (χ1) is 11.6. The van der Waals surface area contributed by atoms with Crippen molar-refractivity contribution in [1.29, 1.82) is 0 Å². The summed E-state index contributed by atoms with van der Waals surface area (Å²) < 4.78 is 5.07. The monoisotopic (exact) mass is 347 g/mol. The smallest absolute Gasteiger partial charge is 0.255 e. The van der Waals surface area contributed by atoms with Gasteiger partial charge in [-0.05, 0) is 38.7 Å². The molecule has 2 N–H and O–H groups in total. The first-order valence-corrected chi connectivity index (χ1v) is 9.01. The van der Waals surface area contributed by atoms with E-state index < -0.39 is 0 Å². The molecular weight excluding hydrogens is 326 g/mol. The number of amides is 2. The molecule has 3 rings (SSSR count). The molecule has 7 heteroatoms. The fourth-order valence-corrected chi connectivity index (χ4v) is 3.92. The van der Waals surface area contributed by atoms with E-state index in [9.17, 15) is 9.59 Å². The summed E-state index contributed by atoms with van der Waals surface area (Å²) in [5.41, 5.74) is 1.70. The molecule has 0 aromatic carbocycles. The number of thiazole rings is 1. The van der Waals surface area contributed by atoms with Crippen LogP contribution >= 0.6 is 11.3 Å². The second-order valence-corrected chi connectivity index (χ2v) is 7.03. The van der Waals surface area contributed by atoms with E-state index in [0.717, 1.165) is 24.3 Å². The van der Waals surface area contributed by atoms with Gasteiger partial charge in [0.05, 0.1) is 29.1 Å².